The quantitative estimate of drug-likeness (QED) is 0.0888. The van der Waals surface area contributed by atoms with Gasteiger partial charge in [0, 0.05) is 0 Å². The monoisotopic (exact) mass is 638 g/mol. The van der Waals surface area contributed by atoms with Gasteiger partial charge in [-0.1, -0.05) is 103 Å². The zero-order valence-electron chi connectivity index (χ0n) is 25.6. The van der Waals surface area contributed by atoms with Gasteiger partial charge in [-0.15, -0.1) is 0 Å². The van der Waals surface area contributed by atoms with Crippen molar-refractivity contribution in [1.82, 2.24) is 10.6 Å². The van der Waals surface area contributed by atoms with Crippen molar-refractivity contribution >= 4 is 35.8 Å². The molecule has 0 aliphatic carbocycles. The standard InChI is InChI=1S/C35H34N4O8/c1-44-30(40)21-35(36,31(41)45-22-25-12-5-2-6-13-25)28-18-11-19-29(20-28)37-32(38-33(42)46-23-26-14-7-3-8-15-26)39-34(43)47-24-27-16-9-4-10-17-27/h2-20H,21-24,36H2,1H3,(H2,37,38,39,42,43). The van der Waals surface area contributed by atoms with Crippen LogP contribution >= 0.6 is 0 Å². The molecule has 0 fully saturated rings. The van der Waals surface area contributed by atoms with E-state index < -0.39 is 36.1 Å². The summed E-state index contributed by atoms with van der Waals surface area (Å²) in [5.41, 5.74) is 7.12. The van der Waals surface area contributed by atoms with Crippen LogP contribution in [0.4, 0.5) is 15.3 Å². The van der Waals surface area contributed by atoms with Crippen molar-refractivity contribution in [3.63, 3.8) is 0 Å². The number of nitrogens with zero attached hydrogens (tertiary/aromatic N) is 1. The molecular formula is C35H34N4O8. The molecule has 2 amide bonds. The van der Waals surface area contributed by atoms with E-state index in [0.29, 0.717) is 0 Å². The lowest BCUT2D eigenvalue weighted by Crippen LogP contribution is -2.48. The van der Waals surface area contributed by atoms with E-state index in [1.807, 2.05) is 18.2 Å². The molecule has 1 unspecified atom stereocenters. The van der Waals surface area contributed by atoms with Crippen LogP contribution in [0.5, 0.6) is 0 Å². The minimum Gasteiger partial charge on any atom is -0.469 e. The second kappa shape index (κ2) is 16.9. The van der Waals surface area contributed by atoms with Crippen molar-refractivity contribution in [2.75, 3.05) is 7.11 Å². The van der Waals surface area contributed by atoms with Gasteiger partial charge >= 0.3 is 24.1 Å². The van der Waals surface area contributed by atoms with Gasteiger partial charge in [0.15, 0.2) is 5.54 Å². The van der Waals surface area contributed by atoms with E-state index in [-0.39, 0.29) is 37.0 Å². The number of guanidine groups is 1. The summed E-state index contributed by atoms with van der Waals surface area (Å²) in [6, 6.07) is 33.0. The third-order valence-electron chi connectivity index (χ3n) is 6.70. The summed E-state index contributed by atoms with van der Waals surface area (Å²) in [6.07, 6.45) is -2.35. The number of alkyl carbamates (subject to hydrolysis) is 2. The summed E-state index contributed by atoms with van der Waals surface area (Å²) in [4.78, 5) is 55.4. The minimum absolute atomic E-state index is 0.0395. The lowest BCUT2D eigenvalue weighted by Gasteiger charge is -2.27. The molecule has 4 aromatic carbocycles. The maximum absolute atomic E-state index is 13.4. The van der Waals surface area contributed by atoms with E-state index in [9.17, 15) is 19.2 Å². The number of rotatable bonds is 11. The van der Waals surface area contributed by atoms with Crippen molar-refractivity contribution in [2.24, 2.45) is 10.7 Å². The lowest BCUT2D eigenvalue weighted by atomic mass is 9.87. The Morgan fingerprint density at radius 3 is 1.60 bits per heavy atom. The summed E-state index contributed by atoms with van der Waals surface area (Å²) < 4.78 is 20.8. The van der Waals surface area contributed by atoms with Crippen LogP contribution in [-0.4, -0.2) is 37.2 Å². The first-order valence-corrected chi connectivity index (χ1v) is 14.5. The Labute approximate surface area is 271 Å². The van der Waals surface area contributed by atoms with Crippen molar-refractivity contribution in [3.8, 4) is 0 Å². The van der Waals surface area contributed by atoms with Gasteiger partial charge in [0.1, 0.15) is 19.8 Å². The first-order valence-electron chi connectivity index (χ1n) is 14.5. The molecule has 0 aliphatic rings. The highest BCUT2D eigenvalue weighted by Crippen LogP contribution is 2.28. The fourth-order valence-electron chi connectivity index (χ4n) is 4.22. The molecule has 0 spiro atoms. The van der Waals surface area contributed by atoms with Gasteiger partial charge in [-0.25, -0.2) is 19.4 Å². The molecule has 4 aromatic rings. The molecule has 47 heavy (non-hydrogen) atoms. The molecule has 0 saturated heterocycles. The Hall–Kier alpha value is -6.01. The number of aliphatic imine (C=N–C) groups is 1. The molecule has 0 saturated carbocycles. The highest BCUT2D eigenvalue weighted by atomic mass is 16.6. The molecule has 1 atom stereocenters. The number of nitrogens with one attached hydrogen (secondary N) is 2. The van der Waals surface area contributed by atoms with E-state index in [2.05, 4.69) is 15.6 Å². The number of nitrogens with two attached hydrogens (primary N) is 1. The lowest BCUT2D eigenvalue weighted by molar-refractivity contribution is -0.157. The number of amides is 2. The van der Waals surface area contributed by atoms with E-state index >= 15 is 0 Å². The molecule has 0 radical (unpaired) electrons. The van der Waals surface area contributed by atoms with E-state index in [1.54, 1.807) is 72.8 Å². The second-order valence-electron chi connectivity index (χ2n) is 10.2. The zero-order valence-corrected chi connectivity index (χ0v) is 25.6. The van der Waals surface area contributed by atoms with E-state index in [0.717, 1.165) is 16.7 Å². The van der Waals surface area contributed by atoms with Crippen LogP contribution in [0, 0.1) is 0 Å². The van der Waals surface area contributed by atoms with Crippen LogP contribution < -0.4 is 16.4 Å². The van der Waals surface area contributed by atoms with Crippen LogP contribution in [0.2, 0.25) is 0 Å². The van der Waals surface area contributed by atoms with E-state index in [1.165, 1.54) is 31.4 Å². The minimum atomic E-state index is -1.96. The summed E-state index contributed by atoms with van der Waals surface area (Å²) in [6.45, 7) is -0.157. The number of hydrogen-bond donors (Lipinski definition) is 3. The summed E-state index contributed by atoms with van der Waals surface area (Å²) in [7, 11) is 1.18. The molecule has 242 valence electrons. The molecule has 0 heterocycles. The number of ether oxygens (including phenoxy) is 4. The number of carbonyl (C=O) groups is 4. The average Bonchev–Trinajstić information content (AvgIpc) is 3.10. The maximum Gasteiger partial charge on any atom is 0.414 e. The Kier molecular flexibility index (Phi) is 12.2. The number of esters is 2. The first-order chi connectivity index (χ1) is 22.7. The smallest absolute Gasteiger partial charge is 0.414 e. The Morgan fingerprint density at radius 2 is 1.13 bits per heavy atom. The SMILES string of the molecule is COC(=O)CC(N)(C(=O)OCc1ccccc1)c1cccc(N=C(NC(=O)OCc2ccccc2)NC(=O)OCc2ccccc2)c1. The van der Waals surface area contributed by atoms with Gasteiger partial charge < -0.3 is 24.7 Å². The highest BCUT2D eigenvalue weighted by Gasteiger charge is 2.41. The molecule has 0 aromatic heterocycles. The van der Waals surface area contributed by atoms with Gasteiger partial charge in [-0.05, 0) is 34.4 Å². The van der Waals surface area contributed by atoms with E-state index in [4.69, 9.17) is 24.7 Å². The second-order valence-corrected chi connectivity index (χ2v) is 10.2. The predicted octanol–water partition coefficient (Wildman–Crippen LogP) is 4.99. The topological polar surface area (TPSA) is 168 Å². The number of carbonyl (C=O) groups excluding carboxylic acids is 4. The summed E-state index contributed by atoms with van der Waals surface area (Å²) >= 11 is 0. The molecule has 0 bridgehead atoms. The predicted molar refractivity (Wildman–Crippen MR) is 172 cm³/mol. The van der Waals surface area contributed by atoms with Gasteiger partial charge in [-0.2, -0.15) is 0 Å². The Morgan fingerprint density at radius 1 is 0.660 bits per heavy atom. The molecule has 12 nitrogen and oxygen atoms in total. The fraction of sp³-hybridized carbons (Fsp3) is 0.171. The van der Waals surface area contributed by atoms with Gasteiger partial charge in [0.2, 0.25) is 5.96 Å². The third kappa shape index (κ3) is 10.5. The Balaban J connectivity index is 1.57. The van der Waals surface area contributed by atoms with Crippen molar-refractivity contribution in [2.45, 2.75) is 31.8 Å². The summed E-state index contributed by atoms with van der Waals surface area (Å²) in [5.74, 6) is -1.96. The van der Waals surface area contributed by atoms with Crippen molar-refractivity contribution < 1.29 is 38.1 Å². The zero-order chi connectivity index (χ0) is 33.5. The highest BCUT2D eigenvalue weighted by molar-refractivity contribution is 6.02. The first kappa shape index (κ1) is 33.9. The molecule has 12 heteroatoms. The molecule has 4 rings (SSSR count). The van der Waals surface area contributed by atoms with Gasteiger partial charge in [0.25, 0.3) is 0 Å². The maximum atomic E-state index is 13.4. The summed E-state index contributed by atoms with van der Waals surface area (Å²) in [5, 5.41) is 4.81. The van der Waals surface area contributed by atoms with Crippen molar-refractivity contribution in [3.05, 3.63) is 138 Å². The largest absolute Gasteiger partial charge is 0.469 e. The third-order valence-corrected chi connectivity index (χ3v) is 6.70. The number of hydrogen-bond acceptors (Lipinski definition) is 10. The number of benzene rings is 4. The van der Waals surface area contributed by atoms with Crippen LogP contribution in [-0.2, 0) is 53.9 Å². The van der Waals surface area contributed by atoms with Crippen molar-refractivity contribution in [1.29, 1.82) is 0 Å². The van der Waals surface area contributed by atoms with Crippen LogP contribution in [0.25, 0.3) is 0 Å². The molecule has 4 N–H and O–H groups in total. The normalized spacial score (nSPS) is 11.6. The van der Waals surface area contributed by atoms with Crippen LogP contribution in [0.1, 0.15) is 28.7 Å². The molecule has 0 aliphatic heterocycles. The van der Waals surface area contributed by atoms with Gasteiger partial charge in [-0.3, -0.25) is 15.4 Å². The van der Waals surface area contributed by atoms with Crippen LogP contribution in [0.15, 0.2) is 120 Å². The number of methoxy groups -OCH3 is 1. The van der Waals surface area contributed by atoms with Gasteiger partial charge in [0.05, 0.1) is 19.2 Å². The average molecular weight is 639 g/mol. The fourth-order valence-corrected chi connectivity index (χ4v) is 4.22. The van der Waals surface area contributed by atoms with Crippen LogP contribution in [0.3, 0.4) is 0 Å². The Bertz CT molecular complexity index is 1620. The molecular weight excluding hydrogens is 604 g/mol.